The first-order valence-electron chi connectivity index (χ1n) is 6.88. The molecule has 1 rings (SSSR count). The Bertz CT molecular complexity index is 603. The molecule has 0 spiro atoms. The molecule has 2 amide bonds. The van der Waals surface area contributed by atoms with Crippen molar-refractivity contribution in [2.45, 2.75) is 0 Å². The number of nitro groups is 1. The van der Waals surface area contributed by atoms with E-state index >= 15 is 0 Å². The third kappa shape index (κ3) is 5.55. The number of nitrogens with zero attached hydrogens (tertiary/aromatic N) is 2. The number of non-ortho nitro benzene ring substituents is 1. The van der Waals surface area contributed by atoms with Crippen LogP contribution in [0.5, 0.6) is 5.75 Å². The van der Waals surface area contributed by atoms with E-state index in [1.54, 1.807) is 21.1 Å². The van der Waals surface area contributed by atoms with Gasteiger partial charge in [-0.15, -0.1) is 0 Å². The molecule has 126 valence electrons. The smallest absolute Gasteiger partial charge is 0.279 e. The fourth-order valence-corrected chi connectivity index (χ4v) is 1.84. The van der Waals surface area contributed by atoms with Crippen molar-refractivity contribution in [3.05, 3.63) is 28.3 Å². The van der Waals surface area contributed by atoms with Gasteiger partial charge in [-0.05, 0) is 6.07 Å². The summed E-state index contributed by atoms with van der Waals surface area (Å²) in [7, 11) is 6.39. The van der Waals surface area contributed by atoms with E-state index in [0.717, 1.165) is 4.90 Å². The average Bonchev–Trinajstić information content (AvgIpc) is 2.46. The van der Waals surface area contributed by atoms with Crippen LogP contribution in [0.3, 0.4) is 0 Å². The number of hydrogen-bond acceptors (Lipinski definition) is 5. The molecule has 0 saturated carbocycles. The van der Waals surface area contributed by atoms with Gasteiger partial charge >= 0.3 is 0 Å². The second-order valence-corrected chi connectivity index (χ2v) is 5.29. The molecule has 2 N–H and O–H groups in total. The van der Waals surface area contributed by atoms with E-state index in [4.69, 9.17) is 4.74 Å². The highest BCUT2D eigenvalue weighted by molar-refractivity contribution is 5.93. The number of hydrogen-bond donors (Lipinski definition) is 2. The Morgan fingerprint density at radius 2 is 2.00 bits per heavy atom. The summed E-state index contributed by atoms with van der Waals surface area (Å²) < 4.78 is 5.05. The van der Waals surface area contributed by atoms with Crippen LogP contribution in [-0.4, -0.2) is 63.0 Å². The zero-order chi connectivity index (χ0) is 17.6. The molecule has 1 atom stereocenters. The molecule has 0 aromatic heterocycles. The van der Waals surface area contributed by atoms with E-state index in [0.29, 0.717) is 5.69 Å². The van der Waals surface area contributed by atoms with Crippen molar-refractivity contribution < 1.29 is 24.1 Å². The first kappa shape index (κ1) is 18.4. The van der Waals surface area contributed by atoms with Gasteiger partial charge < -0.3 is 19.9 Å². The van der Waals surface area contributed by atoms with E-state index in [9.17, 15) is 19.7 Å². The van der Waals surface area contributed by atoms with E-state index in [2.05, 4.69) is 5.32 Å². The van der Waals surface area contributed by atoms with Crippen LogP contribution < -0.4 is 15.0 Å². The highest BCUT2D eigenvalue weighted by atomic mass is 16.6. The number of nitrogens with one attached hydrogen (secondary N) is 2. The Morgan fingerprint density at radius 3 is 2.52 bits per heavy atom. The van der Waals surface area contributed by atoms with Crippen molar-refractivity contribution in [3.63, 3.8) is 0 Å². The maximum absolute atomic E-state index is 12.0. The third-order valence-corrected chi connectivity index (χ3v) is 3.08. The van der Waals surface area contributed by atoms with E-state index in [1.807, 2.05) is 0 Å². The monoisotopic (exact) mass is 325 g/mol. The third-order valence-electron chi connectivity index (χ3n) is 3.08. The Labute approximate surface area is 134 Å². The first-order chi connectivity index (χ1) is 10.7. The lowest BCUT2D eigenvalue weighted by Crippen LogP contribution is -3.11. The minimum atomic E-state index is -0.543. The molecule has 1 aromatic rings. The van der Waals surface area contributed by atoms with Gasteiger partial charge in [0.25, 0.3) is 17.5 Å². The summed E-state index contributed by atoms with van der Waals surface area (Å²) in [4.78, 5) is 36.0. The molecular formula is C14H21N4O5+. The molecule has 1 aromatic carbocycles. The number of ether oxygens (including phenoxy) is 1. The van der Waals surface area contributed by atoms with Crippen molar-refractivity contribution in [1.82, 2.24) is 4.90 Å². The molecule has 0 bridgehead atoms. The average molecular weight is 325 g/mol. The van der Waals surface area contributed by atoms with Gasteiger partial charge in [-0.3, -0.25) is 19.7 Å². The number of quaternary nitrogens is 1. The van der Waals surface area contributed by atoms with Gasteiger partial charge in [0.2, 0.25) is 0 Å². The van der Waals surface area contributed by atoms with Crippen LogP contribution in [0.1, 0.15) is 0 Å². The van der Waals surface area contributed by atoms with Gasteiger partial charge in [-0.2, -0.15) is 0 Å². The number of nitro benzene ring substituents is 1. The lowest BCUT2D eigenvalue weighted by molar-refractivity contribution is -0.862. The highest BCUT2D eigenvalue weighted by Gasteiger charge is 2.18. The standard InChI is InChI=1S/C14H20N4O5/c1-16(2)14(20)9-17(3)8-13(19)15-11-6-5-10(18(21)22)7-12(11)23-4/h5-7H,8-9H2,1-4H3,(H,15,19)/p+1. The van der Waals surface area contributed by atoms with Crippen LogP contribution in [0.25, 0.3) is 0 Å². The van der Waals surface area contributed by atoms with Crippen molar-refractivity contribution >= 4 is 23.2 Å². The predicted molar refractivity (Wildman–Crippen MR) is 83.6 cm³/mol. The van der Waals surface area contributed by atoms with Crippen molar-refractivity contribution in [2.75, 3.05) is 46.7 Å². The molecule has 0 radical (unpaired) electrons. The minimum absolute atomic E-state index is 0.0804. The Morgan fingerprint density at radius 1 is 1.35 bits per heavy atom. The SMILES string of the molecule is COc1cc([N+](=O)[O-])ccc1NC(=O)C[NH+](C)CC(=O)N(C)C. The first-order valence-corrected chi connectivity index (χ1v) is 6.88. The summed E-state index contributed by atoms with van der Waals surface area (Å²) in [6, 6.07) is 3.93. The zero-order valence-electron chi connectivity index (χ0n) is 13.6. The number of amides is 2. The highest BCUT2D eigenvalue weighted by Crippen LogP contribution is 2.28. The summed E-state index contributed by atoms with van der Waals surface area (Å²) in [5, 5.41) is 13.4. The van der Waals surface area contributed by atoms with E-state index in [-0.39, 0.29) is 36.3 Å². The van der Waals surface area contributed by atoms with Crippen LogP contribution in [-0.2, 0) is 9.59 Å². The summed E-state index contributed by atoms with van der Waals surface area (Å²) in [5.74, 6) is -0.195. The van der Waals surface area contributed by atoms with Crippen molar-refractivity contribution in [1.29, 1.82) is 0 Å². The number of methoxy groups -OCH3 is 1. The summed E-state index contributed by atoms with van der Waals surface area (Å²) in [6.45, 7) is 0.275. The summed E-state index contributed by atoms with van der Waals surface area (Å²) in [5.41, 5.74) is 0.217. The Balaban J connectivity index is 2.70. The van der Waals surface area contributed by atoms with Crippen LogP contribution in [0, 0.1) is 10.1 Å². The van der Waals surface area contributed by atoms with Gasteiger partial charge in [-0.1, -0.05) is 0 Å². The van der Waals surface area contributed by atoms with Crippen molar-refractivity contribution in [3.8, 4) is 5.75 Å². The summed E-state index contributed by atoms with van der Waals surface area (Å²) in [6.07, 6.45) is 0. The molecule has 0 aliphatic carbocycles. The van der Waals surface area contributed by atoms with Crippen LogP contribution in [0.15, 0.2) is 18.2 Å². The predicted octanol–water partition coefficient (Wildman–Crippen LogP) is -0.855. The van der Waals surface area contributed by atoms with Gasteiger partial charge in [0, 0.05) is 20.2 Å². The number of carbonyl (C=O) groups is 2. The molecule has 23 heavy (non-hydrogen) atoms. The van der Waals surface area contributed by atoms with Crippen LogP contribution in [0.2, 0.25) is 0 Å². The second kappa shape index (κ2) is 8.08. The normalized spacial score (nSPS) is 11.5. The maximum atomic E-state index is 12.0. The van der Waals surface area contributed by atoms with E-state index < -0.39 is 4.92 Å². The molecule has 0 aliphatic heterocycles. The van der Waals surface area contributed by atoms with Crippen molar-refractivity contribution in [2.24, 2.45) is 0 Å². The van der Waals surface area contributed by atoms with Gasteiger partial charge in [0.05, 0.1) is 30.8 Å². The van der Waals surface area contributed by atoms with E-state index in [1.165, 1.54) is 30.2 Å². The quantitative estimate of drug-likeness (QED) is 0.501. The zero-order valence-corrected chi connectivity index (χ0v) is 13.6. The Hall–Kier alpha value is -2.68. The number of anilines is 1. The number of likely N-dealkylation sites (N-methyl/N-ethyl adjacent to an activating group) is 2. The molecule has 9 heteroatoms. The molecule has 0 saturated heterocycles. The fraction of sp³-hybridized carbons (Fsp3) is 0.429. The molecule has 1 unspecified atom stereocenters. The molecular weight excluding hydrogens is 304 g/mol. The number of rotatable bonds is 7. The molecule has 9 nitrogen and oxygen atoms in total. The molecule has 0 fully saturated rings. The minimum Gasteiger partial charge on any atom is -0.494 e. The lowest BCUT2D eigenvalue weighted by atomic mass is 10.2. The number of benzene rings is 1. The van der Waals surface area contributed by atoms with Crippen LogP contribution in [0.4, 0.5) is 11.4 Å². The lowest BCUT2D eigenvalue weighted by Gasteiger charge is -2.16. The summed E-state index contributed by atoms with van der Waals surface area (Å²) >= 11 is 0. The second-order valence-electron chi connectivity index (χ2n) is 5.29. The Kier molecular flexibility index (Phi) is 6.46. The van der Waals surface area contributed by atoms with Crippen LogP contribution >= 0.6 is 0 Å². The topological polar surface area (TPSA) is 106 Å². The largest absolute Gasteiger partial charge is 0.494 e. The van der Waals surface area contributed by atoms with Gasteiger partial charge in [-0.25, -0.2) is 0 Å². The fourth-order valence-electron chi connectivity index (χ4n) is 1.84. The van der Waals surface area contributed by atoms with Gasteiger partial charge in [0.15, 0.2) is 13.1 Å². The molecule has 0 heterocycles. The molecule has 0 aliphatic rings. The number of carbonyl (C=O) groups excluding carboxylic acids is 2. The van der Waals surface area contributed by atoms with Gasteiger partial charge in [0.1, 0.15) is 5.75 Å². The maximum Gasteiger partial charge on any atom is 0.279 e.